The first kappa shape index (κ1) is 36.7. The third kappa shape index (κ3) is 9.48. The molecule has 3 atom stereocenters. The van der Waals surface area contributed by atoms with Gasteiger partial charge in [-0.15, -0.1) is 0 Å². The molecular formula is C40H48N4O5. The van der Waals surface area contributed by atoms with Crippen molar-refractivity contribution in [3.8, 4) is 11.5 Å². The number of hydrogen-bond acceptors (Lipinski definition) is 6. The molecule has 0 aliphatic heterocycles. The van der Waals surface area contributed by atoms with Crippen LogP contribution >= 0.6 is 0 Å². The van der Waals surface area contributed by atoms with E-state index in [0.717, 1.165) is 35.1 Å². The maximum atomic E-state index is 14.1. The standard InChI is InChI=1S/C40H48N4O5/c1-5-6-17-35(37(41)45)42-39(47)36(27-18-29-13-9-7-10-14-29)43-38(46)28(2)44-40(30-15-11-8-12-16-30,31-19-23-33(48-3)24-20-31)32-21-25-34(49-4)26-22-32/h7-16,19-26,28,35-36,44H,5-6,17-18,27H2,1-4H3,(H2,41,45)(H,42,47)(H,43,46)/t28-,35+,36+/m1/s1. The Kier molecular flexibility index (Phi) is 13.4. The number of methoxy groups -OCH3 is 2. The summed E-state index contributed by atoms with van der Waals surface area (Å²) < 4.78 is 10.9. The highest BCUT2D eigenvalue weighted by Crippen LogP contribution is 2.38. The second-order valence-corrected chi connectivity index (χ2v) is 12.1. The molecule has 9 heteroatoms. The number of carbonyl (C=O) groups is 3. The van der Waals surface area contributed by atoms with Crippen LogP contribution in [-0.4, -0.2) is 50.1 Å². The molecule has 0 saturated carbocycles. The number of rotatable bonds is 18. The van der Waals surface area contributed by atoms with Gasteiger partial charge in [0, 0.05) is 0 Å². The molecule has 0 bridgehead atoms. The smallest absolute Gasteiger partial charge is 0.243 e. The average molecular weight is 665 g/mol. The fourth-order valence-corrected chi connectivity index (χ4v) is 6.00. The lowest BCUT2D eigenvalue weighted by molar-refractivity contribution is -0.132. The van der Waals surface area contributed by atoms with E-state index in [4.69, 9.17) is 15.2 Å². The molecule has 0 saturated heterocycles. The average Bonchev–Trinajstić information content (AvgIpc) is 3.14. The molecule has 0 aliphatic rings. The third-order valence-corrected chi connectivity index (χ3v) is 8.78. The quantitative estimate of drug-likeness (QED) is 0.108. The fourth-order valence-electron chi connectivity index (χ4n) is 6.00. The summed E-state index contributed by atoms with van der Waals surface area (Å²) in [5, 5.41) is 9.46. The van der Waals surface area contributed by atoms with Crippen molar-refractivity contribution < 1.29 is 23.9 Å². The van der Waals surface area contributed by atoms with Crippen LogP contribution < -0.4 is 31.2 Å². The summed E-state index contributed by atoms with van der Waals surface area (Å²) in [4.78, 5) is 40.1. The molecule has 258 valence electrons. The maximum Gasteiger partial charge on any atom is 0.243 e. The topological polar surface area (TPSA) is 132 Å². The van der Waals surface area contributed by atoms with Gasteiger partial charge in [0.1, 0.15) is 23.6 Å². The van der Waals surface area contributed by atoms with Crippen molar-refractivity contribution in [3.05, 3.63) is 131 Å². The molecule has 49 heavy (non-hydrogen) atoms. The largest absolute Gasteiger partial charge is 0.497 e. The number of nitrogens with two attached hydrogens (primary N) is 1. The number of amides is 3. The molecule has 0 radical (unpaired) electrons. The van der Waals surface area contributed by atoms with Crippen LogP contribution in [0.3, 0.4) is 0 Å². The summed E-state index contributed by atoms with van der Waals surface area (Å²) in [5.41, 5.74) is 8.34. The van der Waals surface area contributed by atoms with E-state index >= 15 is 0 Å². The van der Waals surface area contributed by atoms with Crippen LogP contribution in [0.2, 0.25) is 0 Å². The Hall–Kier alpha value is -5.15. The summed E-state index contributed by atoms with van der Waals surface area (Å²) in [6.07, 6.45) is 2.88. The van der Waals surface area contributed by atoms with Gasteiger partial charge in [-0.05, 0) is 72.7 Å². The Morgan fingerprint density at radius 1 is 0.673 bits per heavy atom. The van der Waals surface area contributed by atoms with E-state index in [9.17, 15) is 14.4 Å². The molecule has 0 fully saturated rings. The van der Waals surface area contributed by atoms with Crippen molar-refractivity contribution in [3.63, 3.8) is 0 Å². The first-order chi connectivity index (χ1) is 23.7. The van der Waals surface area contributed by atoms with Gasteiger partial charge < -0.3 is 25.8 Å². The van der Waals surface area contributed by atoms with Crippen LogP contribution in [0, 0.1) is 0 Å². The van der Waals surface area contributed by atoms with Crippen LogP contribution in [0.25, 0.3) is 0 Å². The SMILES string of the molecule is CCCC[C@H](NC(=O)[C@H](CCc1ccccc1)NC(=O)[C@@H](C)NC(c1ccccc1)(c1ccc(OC)cc1)c1ccc(OC)cc1)C(N)=O. The van der Waals surface area contributed by atoms with E-state index in [1.54, 1.807) is 21.1 Å². The summed E-state index contributed by atoms with van der Waals surface area (Å²) in [6, 6.07) is 32.6. The van der Waals surface area contributed by atoms with E-state index < -0.39 is 35.5 Å². The maximum absolute atomic E-state index is 14.1. The minimum atomic E-state index is -0.991. The molecule has 0 aliphatic carbocycles. The van der Waals surface area contributed by atoms with E-state index in [2.05, 4.69) is 16.0 Å². The van der Waals surface area contributed by atoms with Gasteiger partial charge in [-0.25, -0.2) is 0 Å². The minimum absolute atomic E-state index is 0.328. The lowest BCUT2D eigenvalue weighted by atomic mass is 9.76. The number of benzene rings is 4. The van der Waals surface area contributed by atoms with Gasteiger partial charge in [0.2, 0.25) is 17.7 Å². The summed E-state index contributed by atoms with van der Waals surface area (Å²) in [7, 11) is 3.24. The van der Waals surface area contributed by atoms with Crippen LogP contribution in [0.1, 0.15) is 61.8 Å². The molecule has 0 unspecified atom stereocenters. The van der Waals surface area contributed by atoms with Crippen molar-refractivity contribution in [2.45, 2.75) is 69.6 Å². The Balaban J connectivity index is 1.70. The van der Waals surface area contributed by atoms with Crippen LogP contribution in [0.15, 0.2) is 109 Å². The second kappa shape index (κ2) is 17.8. The highest BCUT2D eigenvalue weighted by Gasteiger charge is 2.39. The minimum Gasteiger partial charge on any atom is -0.497 e. The zero-order valence-corrected chi connectivity index (χ0v) is 28.8. The van der Waals surface area contributed by atoms with Crippen LogP contribution in [0.4, 0.5) is 0 Å². The predicted molar refractivity (Wildman–Crippen MR) is 192 cm³/mol. The first-order valence-electron chi connectivity index (χ1n) is 16.8. The summed E-state index contributed by atoms with van der Waals surface area (Å²) >= 11 is 0. The highest BCUT2D eigenvalue weighted by molar-refractivity contribution is 5.92. The number of nitrogens with one attached hydrogen (secondary N) is 3. The van der Waals surface area contributed by atoms with Crippen molar-refractivity contribution >= 4 is 17.7 Å². The first-order valence-corrected chi connectivity index (χ1v) is 16.8. The highest BCUT2D eigenvalue weighted by atomic mass is 16.5. The van der Waals surface area contributed by atoms with Gasteiger partial charge in [0.15, 0.2) is 0 Å². The van der Waals surface area contributed by atoms with Gasteiger partial charge in [0.25, 0.3) is 0 Å². The number of unbranched alkanes of at least 4 members (excludes halogenated alkanes) is 1. The third-order valence-electron chi connectivity index (χ3n) is 8.78. The predicted octanol–water partition coefficient (Wildman–Crippen LogP) is 5.25. The van der Waals surface area contributed by atoms with Gasteiger partial charge in [0.05, 0.1) is 25.8 Å². The number of carbonyl (C=O) groups excluding carboxylic acids is 3. The number of aryl methyl sites for hydroxylation is 1. The molecule has 0 aromatic heterocycles. The van der Waals surface area contributed by atoms with Crippen molar-refractivity contribution in [2.75, 3.05) is 14.2 Å². The van der Waals surface area contributed by atoms with Crippen LogP contribution in [0.5, 0.6) is 11.5 Å². The van der Waals surface area contributed by atoms with E-state index in [1.165, 1.54) is 0 Å². The monoisotopic (exact) mass is 664 g/mol. The number of hydrogen-bond donors (Lipinski definition) is 4. The van der Waals surface area contributed by atoms with Gasteiger partial charge >= 0.3 is 0 Å². The molecule has 0 spiro atoms. The Labute approximate surface area is 289 Å². The van der Waals surface area contributed by atoms with Gasteiger partial charge in [-0.3, -0.25) is 19.7 Å². The molecule has 4 aromatic carbocycles. The lowest BCUT2D eigenvalue weighted by Crippen LogP contribution is -2.58. The zero-order valence-electron chi connectivity index (χ0n) is 28.8. The molecular weight excluding hydrogens is 616 g/mol. The lowest BCUT2D eigenvalue weighted by Gasteiger charge is -2.39. The second-order valence-electron chi connectivity index (χ2n) is 12.1. The molecule has 4 rings (SSSR count). The molecule has 5 N–H and O–H groups in total. The number of ether oxygens (including phenoxy) is 2. The normalized spacial score (nSPS) is 13.1. The van der Waals surface area contributed by atoms with E-state index in [-0.39, 0.29) is 5.91 Å². The molecule has 3 amide bonds. The van der Waals surface area contributed by atoms with Gasteiger partial charge in [-0.1, -0.05) is 105 Å². The van der Waals surface area contributed by atoms with Crippen molar-refractivity contribution in [1.82, 2.24) is 16.0 Å². The Morgan fingerprint density at radius 2 is 1.16 bits per heavy atom. The Bertz CT molecular complexity index is 1580. The molecule has 9 nitrogen and oxygen atoms in total. The van der Waals surface area contributed by atoms with Gasteiger partial charge in [-0.2, -0.15) is 0 Å². The van der Waals surface area contributed by atoms with Crippen molar-refractivity contribution in [1.29, 1.82) is 0 Å². The van der Waals surface area contributed by atoms with E-state index in [0.29, 0.717) is 30.8 Å². The zero-order chi connectivity index (χ0) is 35.2. The molecule has 0 heterocycles. The van der Waals surface area contributed by atoms with Crippen molar-refractivity contribution in [2.24, 2.45) is 5.73 Å². The summed E-state index contributed by atoms with van der Waals surface area (Å²) in [6.45, 7) is 3.78. The summed E-state index contributed by atoms with van der Waals surface area (Å²) in [5.74, 6) is -0.0225. The van der Waals surface area contributed by atoms with E-state index in [1.807, 2.05) is 116 Å². The Morgan fingerprint density at radius 3 is 1.65 bits per heavy atom. The number of primary amides is 1. The van der Waals surface area contributed by atoms with Crippen LogP contribution in [-0.2, 0) is 26.3 Å². The molecule has 4 aromatic rings. The fraction of sp³-hybridized carbons (Fsp3) is 0.325.